The first-order chi connectivity index (χ1) is 16.2. The lowest BCUT2D eigenvalue weighted by molar-refractivity contribution is -0.135. The topological polar surface area (TPSA) is 38.1 Å². The van der Waals surface area contributed by atoms with Crippen molar-refractivity contribution in [3.05, 3.63) is 89.4 Å². The predicted molar refractivity (Wildman–Crippen MR) is 134 cm³/mol. The van der Waals surface area contributed by atoms with Gasteiger partial charge >= 0.3 is 0 Å². The Morgan fingerprint density at radius 1 is 0.909 bits per heavy atom. The molecule has 1 fully saturated rings. The number of aromatic nitrogens is 2. The van der Waals surface area contributed by atoms with Gasteiger partial charge in [-0.2, -0.15) is 0 Å². The van der Waals surface area contributed by atoms with E-state index in [1.54, 1.807) is 0 Å². The third-order valence-electron chi connectivity index (χ3n) is 6.59. The monoisotopic (exact) mass is 457 g/mol. The minimum absolute atomic E-state index is 0.127. The van der Waals surface area contributed by atoms with E-state index in [0.717, 1.165) is 35.3 Å². The summed E-state index contributed by atoms with van der Waals surface area (Å²) in [6.07, 6.45) is 5.76. The number of carbonyl (C=O) groups is 1. The number of carbonyl (C=O) groups excluding carboxylic acids is 1. The van der Waals surface area contributed by atoms with Gasteiger partial charge in [0.15, 0.2) is 0 Å². The summed E-state index contributed by atoms with van der Waals surface area (Å²) in [6, 6.07) is 26.3. The standard InChI is InChI=1S/C28H28ClN3O/c29-24-16-8-7-15-23(24)28-30-25-17-9-10-18-26(25)32(28)20-27(33)31(22-13-5-2-6-14-22)19-21-11-3-1-4-12-21/h1,3-4,7-12,15-18,22H,2,5-6,13-14,19-20H2. The Hall–Kier alpha value is -3.11. The zero-order valence-electron chi connectivity index (χ0n) is 18.7. The van der Waals surface area contributed by atoms with Crippen molar-refractivity contribution in [3.63, 3.8) is 0 Å². The Morgan fingerprint density at radius 2 is 1.61 bits per heavy atom. The lowest BCUT2D eigenvalue weighted by Gasteiger charge is -2.35. The molecule has 4 aromatic rings. The number of imidazole rings is 1. The molecule has 1 aromatic heterocycles. The van der Waals surface area contributed by atoms with Crippen LogP contribution in [-0.2, 0) is 17.9 Å². The number of para-hydroxylation sites is 2. The van der Waals surface area contributed by atoms with Crippen LogP contribution in [0.3, 0.4) is 0 Å². The molecule has 1 amide bonds. The fourth-order valence-electron chi connectivity index (χ4n) is 4.90. The van der Waals surface area contributed by atoms with E-state index >= 15 is 0 Å². The Balaban J connectivity index is 1.52. The van der Waals surface area contributed by atoms with Crippen LogP contribution in [0.1, 0.15) is 37.7 Å². The molecular weight excluding hydrogens is 430 g/mol. The van der Waals surface area contributed by atoms with Gasteiger partial charge in [0.1, 0.15) is 12.4 Å². The van der Waals surface area contributed by atoms with E-state index in [1.165, 1.54) is 24.8 Å². The highest BCUT2D eigenvalue weighted by Gasteiger charge is 2.27. The number of hydrogen-bond donors (Lipinski definition) is 0. The molecule has 33 heavy (non-hydrogen) atoms. The molecule has 5 heteroatoms. The number of fused-ring (bicyclic) bond motifs is 1. The largest absolute Gasteiger partial charge is 0.334 e. The van der Waals surface area contributed by atoms with E-state index in [0.29, 0.717) is 11.6 Å². The van der Waals surface area contributed by atoms with Gasteiger partial charge in [-0.1, -0.05) is 85.5 Å². The molecule has 0 aliphatic heterocycles. The SMILES string of the molecule is O=C(Cn1c(-c2ccccc2Cl)nc2ccccc21)N(Cc1ccccc1)C1CCCCC1. The van der Waals surface area contributed by atoms with Gasteiger partial charge in [-0.15, -0.1) is 0 Å². The van der Waals surface area contributed by atoms with Crippen molar-refractivity contribution >= 4 is 28.5 Å². The molecular formula is C28H28ClN3O. The van der Waals surface area contributed by atoms with Crippen molar-refractivity contribution in [3.8, 4) is 11.4 Å². The molecule has 5 rings (SSSR count). The predicted octanol–water partition coefficient (Wildman–Crippen LogP) is 6.72. The van der Waals surface area contributed by atoms with E-state index in [-0.39, 0.29) is 18.5 Å². The van der Waals surface area contributed by atoms with Crippen LogP contribution in [0.2, 0.25) is 5.02 Å². The zero-order chi connectivity index (χ0) is 22.6. The van der Waals surface area contributed by atoms with Crippen LogP contribution in [0.15, 0.2) is 78.9 Å². The fourth-order valence-corrected chi connectivity index (χ4v) is 5.12. The molecule has 1 aliphatic carbocycles. The van der Waals surface area contributed by atoms with E-state index in [1.807, 2.05) is 71.3 Å². The Morgan fingerprint density at radius 3 is 2.39 bits per heavy atom. The van der Waals surface area contributed by atoms with Crippen LogP contribution in [-0.4, -0.2) is 26.4 Å². The summed E-state index contributed by atoms with van der Waals surface area (Å²) in [6.45, 7) is 0.878. The second-order valence-corrected chi connectivity index (χ2v) is 9.20. The van der Waals surface area contributed by atoms with Gasteiger partial charge in [0.05, 0.1) is 16.1 Å². The van der Waals surface area contributed by atoms with Crippen molar-refractivity contribution < 1.29 is 4.79 Å². The van der Waals surface area contributed by atoms with Gasteiger partial charge in [-0.25, -0.2) is 4.98 Å². The Bertz CT molecular complexity index is 1240. The molecule has 0 radical (unpaired) electrons. The minimum Gasteiger partial charge on any atom is -0.334 e. The van der Waals surface area contributed by atoms with E-state index in [2.05, 4.69) is 17.0 Å². The molecule has 1 saturated carbocycles. The van der Waals surface area contributed by atoms with Crippen LogP contribution in [0.4, 0.5) is 0 Å². The summed E-state index contributed by atoms with van der Waals surface area (Å²) < 4.78 is 2.03. The molecule has 0 atom stereocenters. The van der Waals surface area contributed by atoms with Crippen LogP contribution in [0, 0.1) is 0 Å². The number of hydrogen-bond acceptors (Lipinski definition) is 2. The summed E-state index contributed by atoms with van der Waals surface area (Å²) in [5.74, 6) is 0.862. The summed E-state index contributed by atoms with van der Waals surface area (Å²) in [5.41, 5.74) is 3.82. The van der Waals surface area contributed by atoms with Crippen LogP contribution in [0.5, 0.6) is 0 Å². The zero-order valence-corrected chi connectivity index (χ0v) is 19.4. The molecule has 0 unspecified atom stereocenters. The third-order valence-corrected chi connectivity index (χ3v) is 6.92. The number of rotatable bonds is 6. The van der Waals surface area contributed by atoms with E-state index in [9.17, 15) is 4.79 Å². The van der Waals surface area contributed by atoms with Crippen LogP contribution in [0.25, 0.3) is 22.4 Å². The quantitative estimate of drug-likeness (QED) is 0.322. The van der Waals surface area contributed by atoms with Crippen molar-refractivity contribution in [2.75, 3.05) is 0 Å². The van der Waals surface area contributed by atoms with E-state index < -0.39 is 0 Å². The first-order valence-electron chi connectivity index (χ1n) is 11.7. The highest BCUT2D eigenvalue weighted by molar-refractivity contribution is 6.33. The molecule has 0 saturated heterocycles. The van der Waals surface area contributed by atoms with Crippen LogP contribution < -0.4 is 0 Å². The maximum absolute atomic E-state index is 13.9. The van der Waals surface area contributed by atoms with Crippen molar-refractivity contribution in [1.82, 2.24) is 14.5 Å². The molecule has 1 aliphatic rings. The summed E-state index contributed by atoms with van der Waals surface area (Å²) in [7, 11) is 0. The molecule has 1 heterocycles. The van der Waals surface area contributed by atoms with Gasteiger partial charge in [-0.3, -0.25) is 4.79 Å². The molecule has 0 bridgehead atoms. The summed E-state index contributed by atoms with van der Waals surface area (Å²) in [4.78, 5) is 20.8. The number of benzene rings is 3. The second-order valence-electron chi connectivity index (χ2n) is 8.79. The van der Waals surface area contributed by atoms with Gasteiger partial charge in [0.2, 0.25) is 5.91 Å². The van der Waals surface area contributed by atoms with Gasteiger partial charge in [-0.05, 0) is 42.7 Å². The lowest BCUT2D eigenvalue weighted by atomic mass is 9.93. The summed E-state index contributed by atoms with van der Waals surface area (Å²) >= 11 is 6.54. The Labute approximate surface area is 199 Å². The number of nitrogens with zero attached hydrogens (tertiary/aromatic N) is 3. The van der Waals surface area contributed by atoms with Crippen molar-refractivity contribution in [2.24, 2.45) is 0 Å². The molecule has 4 nitrogen and oxygen atoms in total. The number of halogens is 1. The average Bonchev–Trinajstić information content (AvgIpc) is 3.22. The lowest BCUT2D eigenvalue weighted by Crippen LogP contribution is -2.42. The first kappa shape index (κ1) is 21.7. The van der Waals surface area contributed by atoms with Gasteiger partial charge < -0.3 is 9.47 Å². The van der Waals surface area contributed by atoms with Crippen LogP contribution >= 0.6 is 11.6 Å². The smallest absolute Gasteiger partial charge is 0.243 e. The van der Waals surface area contributed by atoms with Gasteiger partial charge in [0.25, 0.3) is 0 Å². The molecule has 3 aromatic carbocycles. The van der Waals surface area contributed by atoms with Crippen molar-refractivity contribution in [1.29, 1.82) is 0 Å². The molecule has 0 N–H and O–H groups in total. The maximum Gasteiger partial charge on any atom is 0.243 e. The van der Waals surface area contributed by atoms with Crippen molar-refractivity contribution in [2.45, 2.75) is 51.2 Å². The second kappa shape index (κ2) is 9.80. The normalized spacial score (nSPS) is 14.5. The highest BCUT2D eigenvalue weighted by atomic mass is 35.5. The van der Waals surface area contributed by atoms with E-state index in [4.69, 9.17) is 16.6 Å². The highest BCUT2D eigenvalue weighted by Crippen LogP contribution is 2.31. The summed E-state index contributed by atoms with van der Waals surface area (Å²) in [5, 5.41) is 0.634. The third kappa shape index (κ3) is 4.67. The van der Waals surface area contributed by atoms with Gasteiger partial charge in [0, 0.05) is 18.2 Å². The Kier molecular flexibility index (Phi) is 6.45. The molecule has 168 valence electrons. The average molecular weight is 458 g/mol. The molecule has 0 spiro atoms. The number of amides is 1. The first-order valence-corrected chi connectivity index (χ1v) is 12.1. The maximum atomic E-state index is 13.9. The minimum atomic E-state index is 0.127. The fraction of sp³-hybridized carbons (Fsp3) is 0.286.